The molecular formula is C23H27N3O3S2. The van der Waals surface area contributed by atoms with Crippen LogP contribution in [0.1, 0.15) is 66.1 Å². The fourth-order valence-electron chi connectivity index (χ4n) is 4.91. The molecule has 0 saturated carbocycles. The van der Waals surface area contributed by atoms with Crippen molar-refractivity contribution in [1.82, 2.24) is 15.3 Å². The Labute approximate surface area is 189 Å². The first kappa shape index (κ1) is 20.8. The lowest BCUT2D eigenvalue weighted by atomic mass is 9.75. The average Bonchev–Trinajstić information content (AvgIpc) is 3.34. The number of H-pyrrole nitrogens is 1. The molecule has 5 rings (SSSR count). The molecule has 0 saturated heterocycles. The summed E-state index contributed by atoms with van der Waals surface area (Å²) in [6, 6.07) is 2.03. The molecule has 1 atom stereocenters. The zero-order chi connectivity index (χ0) is 21.8. The highest BCUT2D eigenvalue weighted by Gasteiger charge is 2.35. The van der Waals surface area contributed by atoms with Gasteiger partial charge < -0.3 is 14.7 Å². The second-order valence-corrected chi connectivity index (χ2v) is 11.5. The van der Waals surface area contributed by atoms with E-state index < -0.39 is 0 Å². The van der Waals surface area contributed by atoms with Crippen molar-refractivity contribution < 1.29 is 9.21 Å². The Morgan fingerprint density at radius 2 is 2.26 bits per heavy atom. The highest BCUT2D eigenvalue weighted by Crippen LogP contribution is 2.42. The molecule has 31 heavy (non-hydrogen) atoms. The number of thioether (sulfide) groups is 1. The second-order valence-electron chi connectivity index (χ2n) is 9.44. The summed E-state index contributed by atoms with van der Waals surface area (Å²) >= 11 is 3.12. The smallest absolute Gasteiger partial charge is 0.259 e. The lowest BCUT2D eigenvalue weighted by molar-refractivity contribution is -0.119. The maximum absolute atomic E-state index is 12.7. The van der Waals surface area contributed by atoms with Gasteiger partial charge >= 0.3 is 0 Å². The topological polar surface area (TPSA) is 88.0 Å². The standard InChI is InChI=1S/C23H27N3O3S2/c1-12-7-14-15(8-23(2,3)9-16(14)29-12)24-19(27)11-30-10-18-25-21(28)20-13-5-4-6-17(13)31-22(20)26-18/h7,15H,4-6,8-11H2,1-3H3,(H,24,27)(H,25,26,28). The number of fused-ring (bicyclic) bond motifs is 4. The van der Waals surface area contributed by atoms with E-state index in [4.69, 9.17) is 4.42 Å². The predicted molar refractivity (Wildman–Crippen MR) is 125 cm³/mol. The molecule has 3 aromatic rings. The lowest BCUT2D eigenvalue weighted by Gasteiger charge is -2.34. The molecule has 164 valence electrons. The van der Waals surface area contributed by atoms with E-state index in [0.29, 0.717) is 17.3 Å². The van der Waals surface area contributed by atoms with Crippen molar-refractivity contribution in [2.75, 3.05) is 5.75 Å². The normalized spacial score (nSPS) is 19.4. The van der Waals surface area contributed by atoms with Gasteiger partial charge in [-0.05, 0) is 49.7 Å². The molecule has 0 aliphatic heterocycles. The van der Waals surface area contributed by atoms with E-state index in [1.54, 1.807) is 11.3 Å². The molecule has 0 fully saturated rings. The SMILES string of the molecule is Cc1cc2c(o1)CC(C)(C)CC2NC(=O)CSCc1nc2sc3c(c2c(=O)[nH]1)CCC3. The molecule has 8 heteroatoms. The van der Waals surface area contributed by atoms with Gasteiger partial charge in [-0.2, -0.15) is 0 Å². The fourth-order valence-corrected chi connectivity index (χ4v) is 6.89. The van der Waals surface area contributed by atoms with Gasteiger partial charge in [0.05, 0.1) is 22.9 Å². The number of amides is 1. The summed E-state index contributed by atoms with van der Waals surface area (Å²) in [6.07, 6.45) is 4.94. The van der Waals surface area contributed by atoms with E-state index in [-0.39, 0.29) is 22.9 Å². The van der Waals surface area contributed by atoms with Crippen LogP contribution in [0.2, 0.25) is 0 Å². The number of rotatable bonds is 5. The van der Waals surface area contributed by atoms with Crippen molar-refractivity contribution in [3.63, 3.8) is 0 Å². The minimum absolute atomic E-state index is 0.00368. The Bertz CT molecular complexity index is 1220. The molecule has 1 unspecified atom stereocenters. The second kappa shape index (κ2) is 7.81. The zero-order valence-corrected chi connectivity index (χ0v) is 19.7. The fraction of sp³-hybridized carbons (Fsp3) is 0.522. The van der Waals surface area contributed by atoms with Crippen LogP contribution in [-0.4, -0.2) is 21.6 Å². The largest absolute Gasteiger partial charge is 0.466 e. The van der Waals surface area contributed by atoms with E-state index >= 15 is 0 Å². The van der Waals surface area contributed by atoms with Crippen LogP contribution in [0.4, 0.5) is 0 Å². The summed E-state index contributed by atoms with van der Waals surface area (Å²) in [4.78, 5) is 34.9. The predicted octanol–water partition coefficient (Wildman–Crippen LogP) is 4.44. The minimum atomic E-state index is -0.0447. The van der Waals surface area contributed by atoms with E-state index in [1.807, 2.05) is 13.0 Å². The third-order valence-corrected chi connectivity index (χ3v) is 8.30. The Kier molecular flexibility index (Phi) is 5.25. The lowest BCUT2D eigenvalue weighted by Crippen LogP contribution is -2.36. The van der Waals surface area contributed by atoms with Crippen molar-refractivity contribution in [1.29, 1.82) is 0 Å². The summed E-state index contributed by atoms with van der Waals surface area (Å²) < 4.78 is 5.86. The number of thiophene rings is 1. The molecule has 3 heterocycles. The number of carbonyl (C=O) groups is 1. The maximum atomic E-state index is 12.7. The number of hydrogen-bond acceptors (Lipinski definition) is 6. The van der Waals surface area contributed by atoms with Crippen LogP contribution in [-0.2, 0) is 29.8 Å². The van der Waals surface area contributed by atoms with E-state index in [9.17, 15) is 9.59 Å². The Balaban J connectivity index is 1.22. The molecule has 1 amide bonds. The summed E-state index contributed by atoms with van der Waals surface area (Å²) in [7, 11) is 0. The van der Waals surface area contributed by atoms with Crippen LogP contribution < -0.4 is 10.9 Å². The van der Waals surface area contributed by atoms with Gasteiger partial charge in [0.15, 0.2) is 0 Å². The van der Waals surface area contributed by atoms with Gasteiger partial charge in [0.1, 0.15) is 22.2 Å². The van der Waals surface area contributed by atoms with Gasteiger partial charge in [-0.25, -0.2) is 4.98 Å². The molecule has 2 N–H and O–H groups in total. The molecule has 2 aliphatic rings. The molecule has 0 radical (unpaired) electrons. The number of aryl methyl sites for hydroxylation is 3. The average molecular weight is 458 g/mol. The number of aromatic amines is 1. The van der Waals surface area contributed by atoms with Crippen molar-refractivity contribution in [3.05, 3.63) is 49.8 Å². The monoisotopic (exact) mass is 457 g/mol. The van der Waals surface area contributed by atoms with Crippen molar-refractivity contribution >= 4 is 39.2 Å². The van der Waals surface area contributed by atoms with E-state index in [1.165, 1.54) is 22.2 Å². The molecule has 2 aliphatic carbocycles. The van der Waals surface area contributed by atoms with Crippen molar-refractivity contribution in [2.24, 2.45) is 5.41 Å². The van der Waals surface area contributed by atoms with Crippen molar-refractivity contribution in [2.45, 2.75) is 64.7 Å². The Morgan fingerprint density at radius 1 is 1.42 bits per heavy atom. The molecule has 0 bridgehead atoms. The third-order valence-electron chi connectivity index (χ3n) is 6.17. The van der Waals surface area contributed by atoms with Gasteiger partial charge in [0.2, 0.25) is 5.91 Å². The summed E-state index contributed by atoms with van der Waals surface area (Å²) in [6.45, 7) is 6.37. The third kappa shape index (κ3) is 4.07. The van der Waals surface area contributed by atoms with Gasteiger partial charge in [0, 0.05) is 16.9 Å². The molecule has 0 aromatic carbocycles. The first-order valence-electron chi connectivity index (χ1n) is 10.8. The van der Waals surface area contributed by atoms with Crippen LogP contribution in [0.3, 0.4) is 0 Å². The van der Waals surface area contributed by atoms with Crippen molar-refractivity contribution in [3.8, 4) is 0 Å². The van der Waals surface area contributed by atoms with E-state index in [2.05, 4.69) is 29.1 Å². The molecule has 3 aromatic heterocycles. The summed E-state index contributed by atoms with van der Waals surface area (Å²) in [5.41, 5.74) is 2.34. The Hall–Kier alpha value is -2.06. The summed E-state index contributed by atoms with van der Waals surface area (Å²) in [5, 5.41) is 3.96. The number of nitrogens with zero attached hydrogens (tertiary/aromatic N) is 1. The van der Waals surface area contributed by atoms with Gasteiger partial charge in [-0.1, -0.05) is 13.8 Å². The van der Waals surface area contributed by atoms with Crippen LogP contribution in [0.25, 0.3) is 10.2 Å². The number of hydrogen-bond donors (Lipinski definition) is 2. The quantitative estimate of drug-likeness (QED) is 0.591. The van der Waals surface area contributed by atoms with Gasteiger partial charge in [-0.15, -0.1) is 23.1 Å². The zero-order valence-electron chi connectivity index (χ0n) is 18.1. The molecule has 0 spiro atoms. The molecule has 6 nitrogen and oxygen atoms in total. The highest BCUT2D eigenvalue weighted by molar-refractivity contribution is 7.99. The van der Waals surface area contributed by atoms with Gasteiger partial charge in [0.25, 0.3) is 5.56 Å². The Morgan fingerprint density at radius 3 is 3.10 bits per heavy atom. The highest BCUT2D eigenvalue weighted by atomic mass is 32.2. The van der Waals surface area contributed by atoms with Crippen LogP contribution in [0.15, 0.2) is 15.3 Å². The number of nitrogens with one attached hydrogen (secondary N) is 2. The van der Waals surface area contributed by atoms with Crippen LogP contribution >= 0.6 is 23.1 Å². The van der Waals surface area contributed by atoms with Gasteiger partial charge in [-0.3, -0.25) is 9.59 Å². The minimum Gasteiger partial charge on any atom is -0.466 e. The number of aromatic nitrogens is 2. The van der Waals surface area contributed by atoms with Crippen LogP contribution in [0.5, 0.6) is 0 Å². The molecular weight excluding hydrogens is 430 g/mol. The van der Waals surface area contributed by atoms with Crippen LogP contribution in [0, 0.1) is 12.3 Å². The van der Waals surface area contributed by atoms with E-state index in [0.717, 1.165) is 59.4 Å². The maximum Gasteiger partial charge on any atom is 0.259 e. The first-order chi connectivity index (χ1) is 14.8. The summed E-state index contributed by atoms with van der Waals surface area (Å²) in [5.74, 6) is 3.35. The first-order valence-corrected chi connectivity index (χ1v) is 12.8. The number of furan rings is 1. The number of carbonyl (C=O) groups excluding carboxylic acids is 1.